The van der Waals surface area contributed by atoms with Crippen LogP contribution in [-0.2, 0) is 0 Å². The summed E-state index contributed by atoms with van der Waals surface area (Å²) in [7, 11) is 0. The predicted octanol–water partition coefficient (Wildman–Crippen LogP) is 0.774. The Bertz CT molecular complexity index is 102. The second-order valence-corrected chi connectivity index (χ2v) is 3.53. The Hall–Kier alpha value is -0.0800. The third-order valence-corrected chi connectivity index (χ3v) is 2.66. The van der Waals surface area contributed by atoms with E-state index in [-0.39, 0.29) is 12.2 Å². The summed E-state index contributed by atoms with van der Waals surface area (Å²) in [5, 5.41) is 18.6. The van der Waals surface area contributed by atoms with Crippen LogP contribution in [0.25, 0.3) is 0 Å². The number of aliphatic hydroxyl groups excluding tert-OH is 2. The Labute approximate surface area is 61.9 Å². The molecule has 0 saturated heterocycles. The molecule has 60 valence electrons. The summed E-state index contributed by atoms with van der Waals surface area (Å²) in [6.45, 7) is 4.12. The molecule has 0 heterocycles. The lowest BCUT2D eigenvalue weighted by molar-refractivity contribution is -0.0200. The highest BCUT2D eigenvalue weighted by atomic mass is 16.3. The fourth-order valence-electron chi connectivity index (χ4n) is 1.61. The van der Waals surface area contributed by atoms with Crippen LogP contribution in [0.15, 0.2) is 0 Å². The molecule has 0 bridgehead atoms. The Balaban J connectivity index is 2.49. The summed E-state index contributed by atoms with van der Waals surface area (Å²) >= 11 is 0. The summed E-state index contributed by atoms with van der Waals surface area (Å²) in [6.07, 6.45) is 0.837. The van der Waals surface area contributed by atoms with Crippen molar-refractivity contribution < 1.29 is 10.2 Å². The first-order valence-corrected chi connectivity index (χ1v) is 3.97. The van der Waals surface area contributed by atoms with Crippen molar-refractivity contribution in [1.29, 1.82) is 0 Å². The van der Waals surface area contributed by atoms with Gasteiger partial charge in [-0.3, -0.25) is 0 Å². The lowest BCUT2D eigenvalue weighted by Crippen LogP contribution is -2.35. The quantitative estimate of drug-likeness (QED) is 0.527. The smallest absolute Gasteiger partial charge is 0.0592 e. The van der Waals surface area contributed by atoms with Crippen LogP contribution in [0.4, 0.5) is 0 Å². The van der Waals surface area contributed by atoms with E-state index in [1.165, 1.54) is 0 Å². The molecule has 1 saturated carbocycles. The lowest BCUT2D eigenvalue weighted by Gasteiger charge is -2.33. The molecule has 1 aliphatic rings. The molecule has 2 nitrogen and oxygen atoms in total. The highest BCUT2D eigenvalue weighted by Crippen LogP contribution is 2.29. The van der Waals surface area contributed by atoms with Crippen molar-refractivity contribution in [3.8, 4) is 0 Å². The van der Waals surface area contributed by atoms with E-state index < -0.39 is 0 Å². The highest BCUT2D eigenvalue weighted by molar-refractivity contribution is 4.80. The summed E-state index contributed by atoms with van der Waals surface area (Å²) < 4.78 is 0. The Morgan fingerprint density at radius 3 is 2.20 bits per heavy atom. The van der Waals surface area contributed by atoms with Crippen LogP contribution >= 0.6 is 0 Å². The van der Waals surface area contributed by atoms with Gasteiger partial charge >= 0.3 is 0 Å². The molecule has 1 aliphatic carbocycles. The average molecular weight is 144 g/mol. The van der Waals surface area contributed by atoms with Crippen molar-refractivity contribution in [3.05, 3.63) is 0 Å². The molecule has 0 aliphatic heterocycles. The van der Waals surface area contributed by atoms with Crippen LogP contribution in [0.5, 0.6) is 0 Å². The van der Waals surface area contributed by atoms with Gasteiger partial charge in [0.25, 0.3) is 0 Å². The minimum atomic E-state index is -0.293. The first-order chi connectivity index (χ1) is 4.61. The van der Waals surface area contributed by atoms with Crippen LogP contribution in [0, 0.1) is 11.8 Å². The fourth-order valence-corrected chi connectivity index (χ4v) is 1.61. The summed E-state index contributed by atoms with van der Waals surface area (Å²) in [4.78, 5) is 0. The van der Waals surface area contributed by atoms with Gasteiger partial charge in [-0.05, 0) is 24.7 Å². The van der Waals surface area contributed by atoms with E-state index >= 15 is 0 Å². The van der Waals surface area contributed by atoms with Crippen LogP contribution in [-0.4, -0.2) is 22.4 Å². The molecule has 1 rings (SSSR count). The normalized spacial score (nSPS) is 49.2. The standard InChI is InChI=1S/C8H16O2/c1-5-3-7(9)4-8(10)6(5)2/h5-10H,3-4H2,1-2H3/t5-,6-,7?,8?/m1/s1. The average Bonchev–Trinajstić information content (AvgIpc) is 1.82. The summed E-state index contributed by atoms with van der Waals surface area (Å²) in [5.41, 5.74) is 0. The lowest BCUT2D eigenvalue weighted by atomic mass is 9.78. The van der Waals surface area contributed by atoms with Gasteiger partial charge in [0.2, 0.25) is 0 Å². The molecule has 1 fully saturated rings. The SMILES string of the molecule is C[C@@H]1CC(O)CC(O)[C@@H]1C. The summed E-state index contributed by atoms with van der Waals surface area (Å²) in [6, 6.07) is 0. The Morgan fingerprint density at radius 2 is 1.70 bits per heavy atom. The molecule has 0 spiro atoms. The number of rotatable bonds is 0. The van der Waals surface area contributed by atoms with Gasteiger partial charge < -0.3 is 10.2 Å². The first-order valence-electron chi connectivity index (χ1n) is 3.97. The zero-order chi connectivity index (χ0) is 7.72. The van der Waals surface area contributed by atoms with Crippen LogP contribution in [0.1, 0.15) is 26.7 Å². The largest absolute Gasteiger partial charge is 0.393 e. The highest BCUT2D eigenvalue weighted by Gasteiger charge is 2.30. The minimum Gasteiger partial charge on any atom is -0.393 e. The van der Waals surface area contributed by atoms with Crippen LogP contribution in [0.3, 0.4) is 0 Å². The van der Waals surface area contributed by atoms with Gasteiger partial charge in [-0.25, -0.2) is 0 Å². The fraction of sp³-hybridized carbons (Fsp3) is 1.00. The van der Waals surface area contributed by atoms with Crippen LogP contribution in [0.2, 0.25) is 0 Å². The van der Waals surface area contributed by atoms with Gasteiger partial charge in [-0.15, -0.1) is 0 Å². The maximum absolute atomic E-state index is 9.36. The van der Waals surface area contributed by atoms with Crippen molar-refractivity contribution >= 4 is 0 Å². The molecule has 0 aromatic rings. The van der Waals surface area contributed by atoms with Crippen LogP contribution < -0.4 is 0 Å². The van der Waals surface area contributed by atoms with Gasteiger partial charge in [-0.2, -0.15) is 0 Å². The monoisotopic (exact) mass is 144 g/mol. The minimum absolute atomic E-state index is 0.277. The molecule has 4 atom stereocenters. The Kier molecular flexibility index (Phi) is 2.32. The molecule has 0 aromatic carbocycles. The zero-order valence-corrected chi connectivity index (χ0v) is 6.62. The maximum atomic E-state index is 9.36. The van der Waals surface area contributed by atoms with E-state index in [1.807, 2.05) is 6.92 Å². The van der Waals surface area contributed by atoms with Crippen molar-refractivity contribution in [1.82, 2.24) is 0 Å². The second-order valence-electron chi connectivity index (χ2n) is 3.53. The molecule has 10 heavy (non-hydrogen) atoms. The number of hydrogen-bond donors (Lipinski definition) is 2. The molecule has 0 aromatic heterocycles. The van der Waals surface area contributed by atoms with Gasteiger partial charge in [0, 0.05) is 0 Å². The molecule has 2 N–H and O–H groups in total. The van der Waals surface area contributed by atoms with Crippen molar-refractivity contribution in [3.63, 3.8) is 0 Å². The third kappa shape index (κ3) is 1.50. The van der Waals surface area contributed by atoms with E-state index in [9.17, 15) is 10.2 Å². The third-order valence-electron chi connectivity index (χ3n) is 2.66. The van der Waals surface area contributed by atoms with Gasteiger partial charge in [-0.1, -0.05) is 13.8 Å². The van der Waals surface area contributed by atoms with Crippen molar-refractivity contribution in [2.24, 2.45) is 11.8 Å². The van der Waals surface area contributed by atoms with Crippen molar-refractivity contribution in [2.75, 3.05) is 0 Å². The topological polar surface area (TPSA) is 40.5 Å². The second kappa shape index (κ2) is 2.89. The van der Waals surface area contributed by atoms with Gasteiger partial charge in [0.15, 0.2) is 0 Å². The summed E-state index contributed by atoms with van der Waals surface area (Å²) in [5.74, 6) is 0.808. The van der Waals surface area contributed by atoms with Gasteiger partial charge in [0.05, 0.1) is 12.2 Å². The molecule has 2 heteroatoms. The first kappa shape index (κ1) is 8.02. The molecular weight excluding hydrogens is 128 g/mol. The Morgan fingerprint density at radius 1 is 1.10 bits per heavy atom. The maximum Gasteiger partial charge on any atom is 0.0592 e. The predicted molar refractivity (Wildman–Crippen MR) is 39.6 cm³/mol. The van der Waals surface area contributed by atoms with E-state index in [2.05, 4.69) is 6.92 Å². The van der Waals surface area contributed by atoms with E-state index in [1.54, 1.807) is 0 Å². The van der Waals surface area contributed by atoms with Crippen molar-refractivity contribution in [2.45, 2.75) is 38.9 Å². The van der Waals surface area contributed by atoms with E-state index in [0.717, 1.165) is 6.42 Å². The molecule has 0 amide bonds. The zero-order valence-electron chi connectivity index (χ0n) is 6.62. The van der Waals surface area contributed by atoms with Gasteiger partial charge in [0.1, 0.15) is 0 Å². The molecule has 2 unspecified atom stereocenters. The van der Waals surface area contributed by atoms with E-state index in [4.69, 9.17) is 0 Å². The van der Waals surface area contributed by atoms with E-state index in [0.29, 0.717) is 18.3 Å². The molecule has 0 radical (unpaired) electrons. The number of hydrogen-bond acceptors (Lipinski definition) is 2. The molecular formula is C8H16O2. The number of aliphatic hydroxyl groups is 2.